The van der Waals surface area contributed by atoms with Crippen molar-refractivity contribution in [1.82, 2.24) is 15.1 Å². The van der Waals surface area contributed by atoms with Crippen molar-refractivity contribution in [3.8, 4) is 0 Å². The second-order valence-electron chi connectivity index (χ2n) is 9.53. The highest BCUT2D eigenvalue weighted by Gasteiger charge is 2.68. The Kier molecular flexibility index (Phi) is 3.96. The lowest BCUT2D eigenvalue weighted by Gasteiger charge is -2.53. The summed E-state index contributed by atoms with van der Waals surface area (Å²) in [5.74, 6) is 1.01. The van der Waals surface area contributed by atoms with Crippen LogP contribution in [-0.4, -0.2) is 28.3 Å². The monoisotopic (exact) mass is 379 g/mol. The fourth-order valence-electron chi connectivity index (χ4n) is 6.50. The second-order valence-corrected chi connectivity index (χ2v) is 9.53. The van der Waals surface area contributed by atoms with Crippen LogP contribution in [0.5, 0.6) is 0 Å². The number of aryl methyl sites for hydroxylation is 1. The van der Waals surface area contributed by atoms with Gasteiger partial charge in [-0.2, -0.15) is 5.10 Å². The maximum Gasteiger partial charge on any atom is 0.272 e. The first-order valence-corrected chi connectivity index (χ1v) is 10.4. The van der Waals surface area contributed by atoms with E-state index in [0.717, 1.165) is 13.0 Å². The van der Waals surface area contributed by atoms with Crippen molar-refractivity contribution in [1.29, 1.82) is 0 Å². The van der Waals surface area contributed by atoms with Gasteiger partial charge in [-0.15, -0.1) is 0 Å². The van der Waals surface area contributed by atoms with E-state index < -0.39 is 0 Å². The summed E-state index contributed by atoms with van der Waals surface area (Å²) in [6.07, 6.45) is 5.34. The maximum atomic E-state index is 13.0. The highest BCUT2D eigenvalue weighted by atomic mass is 16.5. The molecule has 2 bridgehead atoms. The fourth-order valence-corrected chi connectivity index (χ4v) is 6.50. The Balaban J connectivity index is 1.48. The van der Waals surface area contributed by atoms with Crippen LogP contribution < -0.4 is 5.32 Å². The third-order valence-corrected chi connectivity index (χ3v) is 7.85. The van der Waals surface area contributed by atoms with Gasteiger partial charge < -0.3 is 10.1 Å². The van der Waals surface area contributed by atoms with Gasteiger partial charge in [-0.3, -0.25) is 9.48 Å². The van der Waals surface area contributed by atoms with Gasteiger partial charge in [-0.25, -0.2) is 0 Å². The van der Waals surface area contributed by atoms with Gasteiger partial charge in [-0.05, 0) is 53.6 Å². The van der Waals surface area contributed by atoms with Crippen molar-refractivity contribution in [2.75, 3.05) is 6.61 Å². The van der Waals surface area contributed by atoms with E-state index in [2.05, 4.69) is 54.6 Å². The molecule has 2 aliphatic carbocycles. The Labute approximate surface area is 166 Å². The molecule has 1 N–H and O–H groups in total. The first-order valence-electron chi connectivity index (χ1n) is 10.4. The van der Waals surface area contributed by atoms with Gasteiger partial charge >= 0.3 is 0 Å². The van der Waals surface area contributed by atoms with Crippen molar-refractivity contribution >= 4 is 5.91 Å². The number of nitrogens with one attached hydrogen (secondary N) is 1. The van der Waals surface area contributed by atoms with Crippen LogP contribution >= 0.6 is 0 Å². The second kappa shape index (κ2) is 6.18. The molecule has 1 aromatic carbocycles. The van der Waals surface area contributed by atoms with Crippen LogP contribution in [0.2, 0.25) is 0 Å². The molecule has 1 aromatic heterocycles. The predicted octanol–water partition coefficient (Wildman–Crippen LogP) is 3.73. The van der Waals surface area contributed by atoms with Gasteiger partial charge in [0.05, 0.1) is 6.10 Å². The Morgan fingerprint density at radius 3 is 2.75 bits per heavy atom. The number of ether oxygens (including phenoxy) is 1. The van der Waals surface area contributed by atoms with Crippen molar-refractivity contribution in [2.24, 2.45) is 29.7 Å². The zero-order valence-electron chi connectivity index (χ0n) is 16.9. The topological polar surface area (TPSA) is 56.2 Å². The zero-order valence-corrected chi connectivity index (χ0v) is 16.9. The fraction of sp³-hybridized carbons (Fsp3) is 0.565. The number of nitrogens with zero attached hydrogens (tertiary/aromatic N) is 2. The minimum atomic E-state index is -0.0536. The van der Waals surface area contributed by atoms with E-state index in [1.54, 1.807) is 10.7 Å². The van der Waals surface area contributed by atoms with Crippen LogP contribution in [0.1, 0.15) is 55.3 Å². The molecule has 0 radical (unpaired) electrons. The molecule has 5 atom stereocenters. The third kappa shape index (κ3) is 2.48. The summed E-state index contributed by atoms with van der Waals surface area (Å²) in [5, 5.41) is 7.73. The van der Waals surface area contributed by atoms with E-state index in [0.29, 0.717) is 17.5 Å². The van der Waals surface area contributed by atoms with Crippen LogP contribution in [0.15, 0.2) is 42.6 Å². The van der Waals surface area contributed by atoms with Gasteiger partial charge in [0, 0.05) is 25.9 Å². The molecular formula is C23H29N3O2. The molecule has 1 spiro atoms. The summed E-state index contributed by atoms with van der Waals surface area (Å²) >= 11 is 0. The van der Waals surface area contributed by atoms with Gasteiger partial charge in [-0.1, -0.05) is 44.2 Å². The molecule has 1 saturated heterocycles. The average molecular weight is 380 g/mol. The summed E-state index contributed by atoms with van der Waals surface area (Å²) in [6, 6.07) is 12.6. The number of aromatic nitrogens is 2. The highest BCUT2D eigenvalue weighted by molar-refractivity contribution is 5.92. The van der Waals surface area contributed by atoms with Gasteiger partial charge in [0.25, 0.3) is 5.91 Å². The molecule has 28 heavy (non-hydrogen) atoms. The molecule has 1 unspecified atom stereocenters. The number of carbonyl (C=O) groups is 1. The normalized spacial score (nSPS) is 35.5. The van der Waals surface area contributed by atoms with E-state index >= 15 is 0 Å². The third-order valence-electron chi connectivity index (χ3n) is 7.85. The molecule has 2 aromatic rings. The van der Waals surface area contributed by atoms with E-state index in [1.807, 2.05) is 13.2 Å². The lowest BCUT2D eigenvalue weighted by Crippen LogP contribution is -2.58. The van der Waals surface area contributed by atoms with Gasteiger partial charge in [0.2, 0.25) is 0 Å². The number of benzene rings is 1. The lowest BCUT2D eigenvalue weighted by atomic mass is 9.59. The van der Waals surface area contributed by atoms with Crippen molar-refractivity contribution in [3.05, 3.63) is 53.9 Å². The van der Waals surface area contributed by atoms with Crippen molar-refractivity contribution in [2.45, 2.75) is 45.3 Å². The summed E-state index contributed by atoms with van der Waals surface area (Å²) in [6.45, 7) is 5.42. The molecule has 5 heteroatoms. The number of rotatable bonds is 3. The van der Waals surface area contributed by atoms with Gasteiger partial charge in [0.15, 0.2) is 0 Å². The van der Waals surface area contributed by atoms with Gasteiger partial charge in [0.1, 0.15) is 5.69 Å². The summed E-state index contributed by atoms with van der Waals surface area (Å²) in [5.41, 5.74) is 1.96. The van der Waals surface area contributed by atoms with Crippen LogP contribution in [0.3, 0.4) is 0 Å². The number of carbonyl (C=O) groups excluding carboxylic acids is 1. The quantitative estimate of drug-likeness (QED) is 0.884. The number of hydrogen-bond acceptors (Lipinski definition) is 3. The minimum absolute atomic E-state index is 0.0536. The minimum Gasteiger partial charge on any atom is -0.373 e. The Morgan fingerprint density at radius 1 is 1.25 bits per heavy atom. The number of hydrogen-bond donors (Lipinski definition) is 1. The van der Waals surface area contributed by atoms with E-state index in [1.165, 1.54) is 18.4 Å². The Hall–Kier alpha value is -2.14. The molecule has 2 heterocycles. The van der Waals surface area contributed by atoms with Crippen LogP contribution in [0, 0.1) is 22.7 Å². The lowest BCUT2D eigenvalue weighted by molar-refractivity contribution is -0.120. The molecule has 3 fully saturated rings. The molecule has 1 amide bonds. The standard InChI is InChI=1S/C23H29N3O2/c1-22(2)16-13-17-19(15-7-5-4-6-8-15)28-12-10-23(17,14-16)21(22)24-20(27)18-9-11-26(3)25-18/h4-9,11,16-17,19,21H,10,12-14H2,1-3H3,(H,24,27)/t16-,17-,19-,21+,23?/m1/s1. The van der Waals surface area contributed by atoms with E-state index in [-0.39, 0.29) is 28.9 Å². The summed E-state index contributed by atoms with van der Waals surface area (Å²) in [4.78, 5) is 13.0. The molecule has 148 valence electrons. The van der Waals surface area contributed by atoms with Crippen molar-refractivity contribution in [3.63, 3.8) is 0 Å². The predicted molar refractivity (Wildman–Crippen MR) is 107 cm³/mol. The average Bonchev–Trinajstić information content (AvgIpc) is 3.34. The Morgan fingerprint density at radius 2 is 2.04 bits per heavy atom. The number of amides is 1. The van der Waals surface area contributed by atoms with Crippen LogP contribution in [0.25, 0.3) is 0 Å². The largest absolute Gasteiger partial charge is 0.373 e. The van der Waals surface area contributed by atoms with Crippen LogP contribution in [-0.2, 0) is 11.8 Å². The highest BCUT2D eigenvalue weighted by Crippen LogP contribution is 2.70. The summed E-state index contributed by atoms with van der Waals surface area (Å²) in [7, 11) is 1.84. The molecule has 5 rings (SSSR count). The smallest absolute Gasteiger partial charge is 0.272 e. The molecule has 2 saturated carbocycles. The maximum absolute atomic E-state index is 13.0. The van der Waals surface area contributed by atoms with Crippen LogP contribution in [0.4, 0.5) is 0 Å². The SMILES string of the molecule is Cn1ccc(C(=O)N[C@H]2C(C)(C)[C@@H]3C[C@@H]4[C@@H](c5ccccc5)OCCC42C3)n1. The summed E-state index contributed by atoms with van der Waals surface area (Å²) < 4.78 is 7.99. The van der Waals surface area contributed by atoms with E-state index in [4.69, 9.17) is 4.74 Å². The first-order chi connectivity index (χ1) is 13.4. The Bertz CT molecular complexity index is 890. The first kappa shape index (κ1) is 17.9. The van der Waals surface area contributed by atoms with Crippen molar-refractivity contribution < 1.29 is 9.53 Å². The molecular weight excluding hydrogens is 350 g/mol. The molecule has 3 aliphatic rings. The zero-order chi connectivity index (χ0) is 19.5. The molecule has 5 nitrogen and oxygen atoms in total. The molecule has 1 aliphatic heterocycles. The number of fused-ring (bicyclic) bond motifs is 1. The van der Waals surface area contributed by atoms with E-state index in [9.17, 15) is 4.79 Å².